The Balaban J connectivity index is 1.49. The molecule has 0 aromatic heterocycles. The highest BCUT2D eigenvalue weighted by Crippen LogP contribution is 2.37. The van der Waals surface area contributed by atoms with Gasteiger partial charge < -0.3 is 19.7 Å². The van der Waals surface area contributed by atoms with Crippen LogP contribution in [0.4, 0.5) is 15.8 Å². The molecule has 0 spiro atoms. The molecule has 0 saturated heterocycles. The van der Waals surface area contributed by atoms with Crippen LogP contribution < -0.4 is 19.7 Å². The molecular formula is C24H19Cl2FN2O4. The Morgan fingerprint density at radius 3 is 2.61 bits per heavy atom. The Hall–Kier alpha value is -3.29. The molecule has 1 aliphatic heterocycles. The van der Waals surface area contributed by atoms with E-state index in [0.29, 0.717) is 32.9 Å². The number of amides is 2. The number of hydrogen-bond donors (Lipinski definition) is 1. The summed E-state index contributed by atoms with van der Waals surface area (Å²) in [6.07, 6.45) is -0.670. The molecule has 170 valence electrons. The van der Waals surface area contributed by atoms with E-state index in [1.54, 1.807) is 54.3 Å². The van der Waals surface area contributed by atoms with E-state index >= 15 is 0 Å². The van der Waals surface area contributed by atoms with Crippen molar-refractivity contribution < 1.29 is 23.5 Å². The van der Waals surface area contributed by atoms with Gasteiger partial charge in [-0.05, 0) is 61.0 Å². The molecule has 1 atom stereocenters. The fourth-order valence-electron chi connectivity index (χ4n) is 3.35. The zero-order chi connectivity index (χ0) is 23.5. The number of halogens is 3. The minimum absolute atomic E-state index is 0.232. The smallest absolute Gasteiger partial charge is 0.268 e. The van der Waals surface area contributed by atoms with E-state index in [2.05, 4.69) is 5.32 Å². The lowest BCUT2D eigenvalue weighted by atomic mass is 10.1. The fourth-order valence-corrected chi connectivity index (χ4v) is 3.82. The van der Waals surface area contributed by atoms with Crippen LogP contribution in [0.1, 0.15) is 12.5 Å². The number of carbonyl (C=O) groups is 2. The number of benzene rings is 3. The molecule has 9 heteroatoms. The van der Waals surface area contributed by atoms with Gasteiger partial charge in [0.15, 0.2) is 12.7 Å². The predicted molar refractivity (Wildman–Crippen MR) is 125 cm³/mol. The zero-order valence-corrected chi connectivity index (χ0v) is 19.0. The Morgan fingerprint density at radius 1 is 1.12 bits per heavy atom. The van der Waals surface area contributed by atoms with Gasteiger partial charge in [0, 0.05) is 10.7 Å². The number of ether oxygens (including phenoxy) is 2. The number of anilines is 2. The first-order chi connectivity index (χ1) is 15.8. The predicted octanol–water partition coefficient (Wildman–Crippen LogP) is 5.46. The molecule has 0 aliphatic carbocycles. The van der Waals surface area contributed by atoms with E-state index in [4.69, 9.17) is 32.7 Å². The van der Waals surface area contributed by atoms with E-state index < -0.39 is 12.0 Å². The molecule has 1 unspecified atom stereocenters. The van der Waals surface area contributed by atoms with Crippen LogP contribution in [0.15, 0.2) is 60.7 Å². The SMILES string of the molecule is CC1Oc2ccc(NC(=O)COc3ccc(Cl)cc3Cl)cc2N(Cc2ccc(F)cc2)C1=O. The Morgan fingerprint density at radius 2 is 1.88 bits per heavy atom. The van der Waals surface area contributed by atoms with Crippen LogP contribution >= 0.6 is 23.2 Å². The number of carbonyl (C=O) groups excluding carboxylic acids is 2. The summed E-state index contributed by atoms with van der Waals surface area (Å²) in [6.45, 7) is 1.62. The number of hydrogen-bond acceptors (Lipinski definition) is 4. The van der Waals surface area contributed by atoms with Gasteiger partial charge in [0.25, 0.3) is 11.8 Å². The second-order valence-electron chi connectivity index (χ2n) is 7.41. The maximum Gasteiger partial charge on any atom is 0.268 e. The number of rotatable bonds is 6. The summed E-state index contributed by atoms with van der Waals surface area (Å²) < 4.78 is 24.4. The van der Waals surface area contributed by atoms with Gasteiger partial charge in [-0.15, -0.1) is 0 Å². The summed E-state index contributed by atoms with van der Waals surface area (Å²) >= 11 is 11.9. The average molecular weight is 489 g/mol. The zero-order valence-electron chi connectivity index (χ0n) is 17.5. The standard InChI is InChI=1S/C24H19Cl2FN2O4/c1-14-24(31)29(12-15-2-5-17(27)6-3-15)20-11-18(7-9-22(20)33-14)28-23(30)13-32-21-8-4-16(25)10-19(21)26/h2-11,14H,12-13H2,1H3,(H,28,30). The van der Waals surface area contributed by atoms with E-state index in [9.17, 15) is 14.0 Å². The minimum Gasteiger partial charge on any atom is -0.482 e. The molecule has 1 N–H and O–H groups in total. The van der Waals surface area contributed by atoms with Gasteiger partial charge in [-0.25, -0.2) is 4.39 Å². The minimum atomic E-state index is -0.670. The van der Waals surface area contributed by atoms with Crippen LogP contribution in [0.25, 0.3) is 0 Å². The van der Waals surface area contributed by atoms with Crippen molar-refractivity contribution in [1.29, 1.82) is 0 Å². The quantitative estimate of drug-likeness (QED) is 0.499. The number of nitrogens with zero attached hydrogens (tertiary/aromatic N) is 1. The van der Waals surface area contributed by atoms with Gasteiger partial charge in [-0.1, -0.05) is 35.3 Å². The van der Waals surface area contributed by atoms with Crippen molar-refractivity contribution in [2.75, 3.05) is 16.8 Å². The first-order valence-corrected chi connectivity index (χ1v) is 10.8. The molecule has 0 saturated carbocycles. The summed E-state index contributed by atoms with van der Waals surface area (Å²) in [6, 6.07) is 15.6. The first-order valence-electron chi connectivity index (χ1n) is 10.0. The van der Waals surface area contributed by atoms with Crippen molar-refractivity contribution in [1.82, 2.24) is 0 Å². The van der Waals surface area contributed by atoms with E-state index in [0.717, 1.165) is 5.56 Å². The maximum atomic E-state index is 13.3. The third-order valence-electron chi connectivity index (χ3n) is 4.96. The van der Waals surface area contributed by atoms with E-state index in [1.807, 2.05) is 0 Å². The molecule has 6 nitrogen and oxygen atoms in total. The van der Waals surface area contributed by atoms with E-state index in [-0.39, 0.29) is 24.9 Å². The van der Waals surface area contributed by atoms with Gasteiger partial charge in [0.2, 0.25) is 0 Å². The van der Waals surface area contributed by atoms with Gasteiger partial charge in [-0.2, -0.15) is 0 Å². The maximum absolute atomic E-state index is 13.3. The van der Waals surface area contributed by atoms with Crippen LogP contribution in [-0.2, 0) is 16.1 Å². The third-order valence-corrected chi connectivity index (χ3v) is 5.49. The molecule has 1 aliphatic rings. The molecule has 4 rings (SSSR count). The highest BCUT2D eigenvalue weighted by Gasteiger charge is 2.32. The van der Waals surface area contributed by atoms with Gasteiger partial charge >= 0.3 is 0 Å². The highest BCUT2D eigenvalue weighted by atomic mass is 35.5. The summed E-state index contributed by atoms with van der Waals surface area (Å²) in [5.74, 6) is -0.169. The van der Waals surface area contributed by atoms with Crippen molar-refractivity contribution in [3.05, 3.63) is 82.1 Å². The van der Waals surface area contributed by atoms with Crippen molar-refractivity contribution in [3.8, 4) is 11.5 Å². The largest absolute Gasteiger partial charge is 0.482 e. The molecule has 0 radical (unpaired) electrons. The monoisotopic (exact) mass is 488 g/mol. The highest BCUT2D eigenvalue weighted by molar-refractivity contribution is 6.35. The molecule has 3 aromatic carbocycles. The van der Waals surface area contributed by atoms with Gasteiger partial charge in [0.1, 0.15) is 17.3 Å². The number of fused-ring (bicyclic) bond motifs is 1. The van der Waals surface area contributed by atoms with Crippen LogP contribution in [0, 0.1) is 5.82 Å². The fraction of sp³-hybridized carbons (Fsp3) is 0.167. The van der Waals surface area contributed by atoms with Crippen molar-refractivity contribution in [2.45, 2.75) is 19.6 Å². The summed E-state index contributed by atoms with van der Waals surface area (Å²) in [7, 11) is 0. The van der Waals surface area contributed by atoms with Crippen molar-refractivity contribution in [3.63, 3.8) is 0 Å². The van der Waals surface area contributed by atoms with Crippen LogP contribution in [0.2, 0.25) is 10.0 Å². The normalized spacial score (nSPS) is 15.0. The van der Waals surface area contributed by atoms with Crippen LogP contribution in [0.3, 0.4) is 0 Å². The molecular weight excluding hydrogens is 470 g/mol. The van der Waals surface area contributed by atoms with Crippen molar-refractivity contribution in [2.24, 2.45) is 0 Å². The Labute approximate surface area is 199 Å². The molecule has 3 aromatic rings. The van der Waals surface area contributed by atoms with Crippen molar-refractivity contribution >= 4 is 46.4 Å². The summed E-state index contributed by atoms with van der Waals surface area (Å²) in [5.41, 5.74) is 1.72. The molecule has 0 fully saturated rings. The second kappa shape index (κ2) is 9.68. The Bertz CT molecular complexity index is 1200. The first kappa shape index (κ1) is 22.9. The van der Waals surface area contributed by atoms with Crippen LogP contribution in [-0.4, -0.2) is 24.5 Å². The number of nitrogens with one attached hydrogen (secondary N) is 1. The second-order valence-corrected chi connectivity index (χ2v) is 8.25. The molecule has 33 heavy (non-hydrogen) atoms. The average Bonchev–Trinajstić information content (AvgIpc) is 2.78. The molecule has 2 amide bonds. The molecule has 0 bridgehead atoms. The lowest BCUT2D eigenvalue weighted by Crippen LogP contribution is -2.44. The Kier molecular flexibility index (Phi) is 6.72. The summed E-state index contributed by atoms with van der Waals surface area (Å²) in [5, 5.41) is 3.49. The van der Waals surface area contributed by atoms with Gasteiger partial charge in [0.05, 0.1) is 17.3 Å². The van der Waals surface area contributed by atoms with E-state index in [1.165, 1.54) is 18.2 Å². The topological polar surface area (TPSA) is 67.9 Å². The lowest BCUT2D eigenvalue weighted by molar-refractivity contribution is -0.125. The van der Waals surface area contributed by atoms with Gasteiger partial charge in [-0.3, -0.25) is 9.59 Å². The van der Waals surface area contributed by atoms with Crippen LogP contribution in [0.5, 0.6) is 11.5 Å². The molecule has 1 heterocycles. The summed E-state index contributed by atoms with van der Waals surface area (Å²) in [4.78, 5) is 26.8. The third kappa shape index (κ3) is 5.38. The lowest BCUT2D eigenvalue weighted by Gasteiger charge is -2.33.